The number of aliphatic carboxylic acids is 1. The molecular weight excluding hydrogens is 378 g/mol. The van der Waals surface area contributed by atoms with Crippen molar-refractivity contribution in [1.29, 1.82) is 0 Å². The molecule has 9 nitrogen and oxygen atoms in total. The van der Waals surface area contributed by atoms with Crippen molar-refractivity contribution in [1.82, 2.24) is 10.6 Å². The van der Waals surface area contributed by atoms with Gasteiger partial charge in [-0.05, 0) is 25.8 Å². The monoisotopic (exact) mass is 399 g/mol. The summed E-state index contributed by atoms with van der Waals surface area (Å²) in [6.07, 6.45) is 0. The number of carbonyl (C=O) groups is 3. The van der Waals surface area contributed by atoms with Crippen LogP contribution in [0.4, 0.5) is 5.69 Å². The number of halogens is 1. The predicted octanol–water partition coefficient (Wildman–Crippen LogP) is 2.23. The van der Waals surface area contributed by atoms with E-state index in [1.807, 2.05) is 0 Å². The molecule has 148 valence electrons. The van der Waals surface area contributed by atoms with Crippen molar-refractivity contribution in [3.8, 4) is 0 Å². The van der Waals surface area contributed by atoms with E-state index < -0.39 is 34.2 Å². The third kappa shape index (κ3) is 5.92. The number of nitro groups is 1. The fourth-order valence-corrected chi connectivity index (χ4v) is 2.31. The Morgan fingerprint density at radius 3 is 2.33 bits per heavy atom. The Bertz CT molecular complexity index is 763. The Morgan fingerprint density at radius 2 is 1.89 bits per heavy atom. The molecule has 0 fully saturated rings. The molecule has 1 aromatic carbocycles. The van der Waals surface area contributed by atoms with Gasteiger partial charge in [0.25, 0.3) is 11.6 Å². The minimum Gasteiger partial charge on any atom is -0.481 e. The van der Waals surface area contributed by atoms with Crippen LogP contribution in [0.25, 0.3) is 0 Å². The van der Waals surface area contributed by atoms with E-state index in [2.05, 4.69) is 10.6 Å². The van der Waals surface area contributed by atoms with E-state index in [4.69, 9.17) is 16.7 Å². The molecule has 0 saturated heterocycles. The summed E-state index contributed by atoms with van der Waals surface area (Å²) in [7, 11) is 0. The molecule has 0 saturated carbocycles. The SMILES string of the molecule is CC(C)C(NC(=O)c1ccc([N+](=O)[O-])cc1Cl)C(=O)NCC(C)(C)C(=O)O. The second kappa shape index (κ2) is 8.81. The Balaban J connectivity index is 2.91. The molecule has 0 aliphatic rings. The number of hydrogen-bond acceptors (Lipinski definition) is 5. The van der Waals surface area contributed by atoms with Crippen LogP contribution in [0.1, 0.15) is 38.1 Å². The van der Waals surface area contributed by atoms with Gasteiger partial charge in [0, 0.05) is 18.7 Å². The van der Waals surface area contributed by atoms with Gasteiger partial charge >= 0.3 is 5.97 Å². The third-order valence-corrected chi connectivity index (χ3v) is 4.24. The lowest BCUT2D eigenvalue weighted by Gasteiger charge is -2.25. The molecule has 1 rings (SSSR count). The first-order valence-corrected chi connectivity index (χ1v) is 8.50. The Hall–Kier alpha value is -2.68. The van der Waals surface area contributed by atoms with Crippen molar-refractivity contribution < 1.29 is 24.4 Å². The molecule has 0 bridgehead atoms. The quantitative estimate of drug-likeness (QED) is 0.452. The predicted molar refractivity (Wildman–Crippen MR) is 98.6 cm³/mol. The standard InChI is InChI=1S/C17H22ClN3O6/c1-9(2)13(15(23)19-8-17(3,4)16(24)25)20-14(22)11-6-5-10(21(26)27)7-12(11)18/h5-7,9,13H,8H2,1-4H3,(H,19,23)(H,20,22)(H,24,25). The first kappa shape index (κ1) is 22.4. The average molecular weight is 400 g/mol. The molecule has 0 spiro atoms. The van der Waals surface area contributed by atoms with E-state index in [0.29, 0.717) is 0 Å². The van der Waals surface area contributed by atoms with Gasteiger partial charge in [-0.15, -0.1) is 0 Å². The van der Waals surface area contributed by atoms with Crippen LogP contribution in [0.2, 0.25) is 5.02 Å². The molecule has 0 aliphatic carbocycles. The van der Waals surface area contributed by atoms with Crippen LogP contribution in [0.3, 0.4) is 0 Å². The first-order chi connectivity index (χ1) is 12.4. The number of nitrogens with zero attached hydrogens (tertiary/aromatic N) is 1. The first-order valence-electron chi connectivity index (χ1n) is 8.12. The van der Waals surface area contributed by atoms with Gasteiger partial charge < -0.3 is 15.7 Å². The van der Waals surface area contributed by atoms with E-state index in [1.54, 1.807) is 13.8 Å². The van der Waals surface area contributed by atoms with Crippen LogP contribution in [-0.2, 0) is 9.59 Å². The van der Waals surface area contributed by atoms with Crippen LogP contribution in [0.15, 0.2) is 18.2 Å². The number of non-ortho nitro benzene ring substituents is 1. The van der Waals surface area contributed by atoms with Crippen LogP contribution < -0.4 is 10.6 Å². The summed E-state index contributed by atoms with van der Waals surface area (Å²) < 4.78 is 0. The highest BCUT2D eigenvalue weighted by atomic mass is 35.5. The minimum atomic E-state index is -1.16. The number of amides is 2. The largest absolute Gasteiger partial charge is 0.481 e. The maximum atomic E-state index is 12.4. The Labute approximate surface area is 161 Å². The second-order valence-corrected chi connectivity index (χ2v) is 7.43. The number of nitrogens with one attached hydrogen (secondary N) is 2. The summed E-state index contributed by atoms with van der Waals surface area (Å²) in [5.41, 5.74) is -1.43. The number of carboxylic acids is 1. The van der Waals surface area contributed by atoms with Crippen molar-refractivity contribution in [3.63, 3.8) is 0 Å². The van der Waals surface area contributed by atoms with Crippen molar-refractivity contribution in [3.05, 3.63) is 38.9 Å². The van der Waals surface area contributed by atoms with Crippen molar-refractivity contribution in [2.75, 3.05) is 6.54 Å². The van der Waals surface area contributed by atoms with Gasteiger partial charge in [0.1, 0.15) is 6.04 Å². The van der Waals surface area contributed by atoms with Crippen LogP contribution in [0, 0.1) is 21.4 Å². The van der Waals surface area contributed by atoms with Gasteiger partial charge in [0.2, 0.25) is 5.91 Å². The minimum absolute atomic E-state index is 0.00779. The molecule has 1 unspecified atom stereocenters. The van der Waals surface area contributed by atoms with Gasteiger partial charge in [-0.3, -0.25) is 24.5 Å². The summed E-state index contributed by atoms with van der Waals surface area (Å²) in [6, 6.07) is 2.46. The van der Waals surface area contributed by atoms with Gasteiger partial charge in [-0.2, -0.15) is 0 Å². The van der Waals surface area contributed by atoms with Crippen LogP contribution in [-0.4, -0.2) is 40.4 Å². The molecule has 0 aliphatic heterocycles. The van der Waals surface area contributed by atoms with E-state index in [-0.39, 0.29) is 28.7 Å². The van der Waals surface area contributed by atoms with Gasteiger partial charge in [0.05, 0.1) is 20.9 Å². The van der Waals surface area contributed by atoms with Crippen molar-refractivity contribution in [2.45, 2.75) is 33.7 Å². The molecule has 1 atom stereocenters. The molecule has 1 aromatic rings. The van der Waals surface area contributed by atoms with Crippen LogP contribution in [0.5, 0.6) is 0 Å². The molecule has 2 amide bonds. The summed E-state index contributed by atoms with van der Waals surface area (Å²) >= 11 is 5.94. The van der Waals surface area contributed by atoms with Gasteiger partial charge in [-0.25, -0.2) is 0 Å². The van der Waals surface area contributed by atoms with E-state index in [1.165, 1.54) is 19.9 Å². The van der Waals surface area contributed by atoms with Gasteiger partial charge in [0.15, 0.2) is 0 Å². The normalized spacial score (nSPS) is 12.4. The highest BCUT2D eigenvalue weighted by Crippen LogP contribution is 2.22. The Kier molecular flexibility index (Phi) is 7.29. The van der Waals surface area contributed by atoms with Gasteiger partial charge in [-0.1, -0.05) is 25.4 Å². The number of nitro benzene ring substituents is 1. The molecule has 0 radical (unpaired) electrons. The molecule has 27 heavy (non-hydrogen) atoms. The summed E-state index contributed by atoms with van der Waals surface area (Å²) in [4.78, 5) is 46.1. The lowest BCUT2D eigenvalue weighted by Crippen LogP contribution is -2.52. The molecule has 0 heterocycles. The fraction of sp³-hybridized carbons (Fsp3) is 0.471. The highest BCUT2D eigenvalue weighted by Gasteiger charge is 2.31. The lowest BCUT2D eigenvalue weighted by atomic mass is 9.93. The zero-order chi connectivity index (χ0) is 20.9. The van der Waals surface area contributed by atoms with E-state index >= 15 is 0 Å². The average Bonchev–Trinajstić information content (AvgIpc) is 2.56. The second-order valence-electron chi connectivity index (χ2n) is 7.02. The van der Waals surface area contributed by atoms with Crippen LogP contribution >= 0.6 is 11.6 Å². The molecule has 0 aromatic heterocycles. The number of carbonyl (C=O) groups excluding carboxylic acids is 2. The zero-order valence-electron chi connectivity index (χ0n) is 15.4. The van der Waals surface area contributed by atoms with Crippen molar-refractivity contribution >= 4 is 35.1 Å². The lowest BCUT2D eigenvalue weighted by molar-refractivity contribution is -0.384. The molecule has 3 N–H and O–H groups in total. The van der Waals surface area contributed by atoms with E-state index in [9.17, 15) is 24.5 Å². The third-order valence-electron chi connectivity index (χ3n) is 3.93. The highest BCUT2D eigenvalue weighted by molar-refractivity contribution is 6.34. The zero-order valence-corrected chi connectivity index (χ0v) is 16.2. The molecular formula is C17H22ClN3O6. The number of hydrogen-bond donors (Lipinski definition) is 3. The van der Waals surface area contributed by atoms with Crippen molar-refractivity contribution in [2.24, 2.45) is 11.3 Å². The maximum absolute atomic E-state index is 12.4. The fourth-order valence-electron chi connectivity index (χ4n) is 2.05. The van der Waals surface area contributed by atoms with E-state index in [0.717, 1.165) is 12.1 Å². The number of carboxylic acid groups (broad SMARTS) is 1. The number of benzene rings is 1. The smallest absolute Gasteiger partial charge is 0.310 e. The summed E-state index contributed by atoms with van der Waals surface area (Å²) in [6.45, 7) is 6.25. The summed E-state index contributed by atoms with van der Waals surface area (Å²) in [5, 5.41) is 24.8. The maximum Gasteiger partial charge on any atom is 0.310 e. The topological polar surface area (TPSA) is 139 Å². The number of rotatable bonds is 8. The molecule has 10 heteroatoms. The Morgan fingerprint density at radius 1 is 1.30 bits per heavy atom. The summed E-state index contributed by atoms with van der Waals surface area (Å²) in [5.74, 6) is -2.56.